The Kier molecular flexibility index (Phi) is 3.51. The number of halogens is 2. The van der Waals surface area contributed by atoms with Gasteiger partial charge in [-0.15, -0.1) is 0 Å². The molecule has 0 bridgehead atoms. The normalized spacial score (nSPS) is 17.8. The summed E-state index contributed by atoms with van der Waals surface area (Å²) >= 11 is 0. The molecule has 2 nitrogen and oxygen atoms in total. The van der Waals surface area contributed by atoms with Crippen LogP contribution in [0.25, 0.3) is 0 Å². The third-order valence-corrected chi connectivity index (χ3v) is 2.76. The first-order chi connectivity index (χ1) is 7.70. The quantitative estimate of drug-likeness (QED) is 0.809. The van der Waals surface area contributed by atoms with E-state index in [-0.39, 0.29) is 18.2 Å². The van der Waals surface area contributed by atoms with E-state index in [2.05, 4.69) is 5.32 Å². The molecule has 0 aromatic heterocycles. The lowest BCUT2D eigenvalue weighted by Crippen LogP contribution is -2.26. The van der Waals surface area contributed by atoms with Gasteiger partial charge in [0.1, 0.15) is 0 Å². The number of benzene rings is 1. The number of hydrogen-bond donors (Lipinski definition) is 2. The van der Waals surface area contributed by atoms with Gasteiger partial charge in [-0.1, -0.05) is 18.2 Å². The molecule has 1 aliphatic carbocycles. The van der Waals surface area contributed by atoms with E-state index in [0.717, 1.165) is 18.4 Å². The van der Waals surface area contributed by atoms with Gasteiger partial charge in [0.05, 0.1) is 12.6 Å². The van der Waals surface area contributed by atoms with Gasteiger partial charge in [-0.05, 0) is 24.5 Å². The summed E-state index contributed by atoms with van der Waals surface area (Å²) in [6.07, 6.45) is -0.254. The first kappa shape index (κ1) is 11.5. The van der Waals surface area contributed by atoms with Crippen LogP contribution in [-0.4, -0.2) is 17.8 Å². The Labute approximate surface area is 93.3 Å². The van der Waals surface area contributed by atoms with Crippen molar-refractivity contribution >= 4 is 0 Å². The van der Waals surface area contributed by atoms with Crippen LogP contribution in [0.3, 0.4) is 0 Å². The van der Waals surface area contributed by atoms with Gasteiger partial charge >= 0.3 is 0 Å². The minimum absolute atomic E-state index is 0.00791. The van der Waals surface area contributed by atoms with Crippen LogP contribution in [0.5, 0.6) is 0 Å². The maximum Gasteiger partial charge on any atom is 0.263 e. The molecule has 1 aromatic rings. The summed E-state index contributed by atoms with van der Waals surface area (Å²) in [4.78, 5) is 0. The molecule has 16 heavy (non-hydrogen) atoms. The molecular formula is C12H15F2NO. The molecular weight excluding hydrogens is 212 g/mol. The van der Waals surface area contributed by atoms with Gasteiger partial charge in [-0.3, -0.25) is 0 Å². The predicted molar refractivity (Wildman–Crippen MR) is 57.4 cm³/mol. The third-order valence-electron chi connectivity index (χ3n) is 2.76. The first-order valence-electron chi connectivity index (χ1n) is 5.45. The lowest BCUT2D eigenvalue weighted by Gasteiger charge is -2.17. The van der Waals surface area contributed by atoms with Crippen molar-refractivity contribution in [3.63, 3.8) is 0 Å². The van der Waals surface area contributed by atoms with E-state index in [1.165, 1.54) is 12.1 Å². The molecule has 88 valence electrons. The lowest BCUT2D eigenvalue weighted by atomic mass is 10.0. The second-order valence-corrected chi connectivity index (χ2v) is 4.15. The Hall–Kier alpha value is -1.00. The number of nitrogens with one attached hydrogen (secondary N) is 1. The largest absolute Gasteiger partial charge is 0.394 e. The molecule has 0 saturated heterocycles. The summed E-state index contributed by atoms with van der Waals surface area (Å²) in [5.74, 6) is 0. The highest BCUT2D eigenvalue weighted by Gasteiger charge is 2.25. The molecule has 0 amide bonds. The molecule has 2 rings (SSSR count). The summed E-state index contributed by atoms with van der Waals surface area (Å²) in [5.41, 5.74) is 0.737. The van der Waals surface area contributed by atoms with E-state index in [9.17, 15) is 13.9 Å². The highest BCUT2D eigenvalue weighted by Crippen LogP contribution is 2.26. The minimum Gasteiger partial charge on any atom is -0.394 e. The fourth-order valence-electron chi connectivity index (χ4n) is 1.70. The van der Waals surface area contributed by atoms with E-state index >= 15 is 0 Å². The van der Waals surface area contributed by atoms with Gasteiger partial charge in [0.15, 0.2) is 0 Å². The van der Waals surface area contributed by atoms with E-state index in [4.69, 9.17) is 0 Å². The second-order valence-electron chi connectivity index (χ2n) is 4.15. The minimum atomic E-state index is -2.46. The number of rotatable bonds is 5. The van der Waals surface area contributed by atoms with E-state index in [1.54, 1.807) is 12.1 Å². The van der Waals surface area contributed by atoms with Crippen molar-refractivity contribution in [1.29, 1.82) is 0 Å². The molecule has 0 radical (unpaired) electrons. The van der Waals surface area contributed by atoms with Crippen LogP contribution in [0.4, 0.5) is 8.78 Å². The standard InChI is InChI=1S/C12H15F2NO/c13-12(14)9-3-1-2-8(6-9)11(7-16)15-10-4-5-10/h1-3,6,10-12,15-16H,4-5,7H2. The van der Waals surface area contributed by atoms with Crippen molar-refractivity contribution < 1.29 is 13.9 Å². The van der Waals surface area contributed by atoms with Crippen LogP contribution in [0.15, 0.2) is 24.3 Å². The van der Waals surface area contributed by atoms with Crippen molar-refractivity contribution in [3.8, 4) is 0 Å². The van der Waals surface area contributed by atoms with Crippen LogP contribution in [0, 0.1) is 0 Å². The van der Waals surface area contributed by atoms with Crippen molar-refractivity contribution in [2.75, 3.05) is 6.61 Å². The molecule has 1 saturated carbocycles. The molecule has 0 spiro atoms. The molecule has 1 fully saturated rings. The smallest absolute Gasteiger partial charge is 0.263 e. The lowest BCUT2D eigenvalue weighted by molar-refractivity contribution is 0.151. The fraction of sp³-hybridized carbons (Fsp3) is 0.500. The highest BCUT2D eigenvalue weighted by atomic mass is 19.3. The summed E-state index contributed by atoms with van der Waals surface area (Å²) in [6.45, 7) is -0.0663. The summed E-state index contributed by atoms with van der Waals surface area (Å²) < 4.78 is 25.0. The molecule has 1 aromatic carbocycles. The van der Waals surface area contributed by atoms with Crippen molar-refractivity contribution in [2.45, 2.75) is 31.4 Å². The Morgan fingerprint density at radius 3 is 2.56 bits per heavy atom. The average molecular weight is 227 g/mol. The zero-order valence-corrected chi connectivity index (χ0v) is 8.87. The Morgan fingerprint density at radius 2 is 2.00 bits per heavy atom. The molecule has 4 heteroatoms. The Bertz CT molecular complexity index is 353. The SMILES string of the molecule is OCC(NC1CC1)c1cccc(C(F)F)c1. The zero-order valence-electron chi connectivity index (χ0n) is 8.87. The highest BCUT2D eigenvalue weighted by molar-refractivity contribution is 5.27. The van der Waals surface area contributed by atoms with Gasteiger partial charge in [0.2, 0.25) is 0 Å². The Morgan fingerprint density at radius 1 is 1.31 bits per heavy atom. The number of alkyl halides is 2. The Balaban J connectivity index is 2.12. The second kappa shape index (κ2) is 4.89. The maximum atomic E-state index is 12.5. The topological polar surface area (TPSA) is 32.3 Å². The number of hydrogen-bond acceptors (Lipinski definition) is 2. The van der Waals surface area contributed by atoms with Gasteiger partial charge in [-0.25, -0.2) is 8.78 Å². The van der Waals surface area contributed by atoms with E-state index in [1.807, 2.05) is 0 Å². The summed E-state index contributed by atoms with van der Waals surface area (Å²) in [6, 6.07) is 6.44. The molecule has 0 aliphatic heterocycles. The molecule has 1 unspecified atom stereocenters. The number of aliphatic hydroxyl groups is 1. The maximum absolute atomic E-state index is 12.5. The predicted octanol–water partition coefficient (Wildman–Crippen LogP) is 2.41. The fourth-order valence-corrected chi connectivity index (χ4v) is 1.70. The summed E-state index contributed by atoms with van der Waals surface area (Å²) in [5, 5.41) is 12.5. The molecule has 1 aliphatic rings. The van der Waals surface area contributed by atoms with Crippen molar-refractivity contribution in [2.24, 2.45) is 0 Å². The van der Waals surface area contributed by atoms with Gasteiger partial charge < -0.3 is 10.4 Å². The van der Waals surface area contributed by atoms with E-state index in [0.29, 0.717) is 6.04 Å². The van der Waals surface area contributed by atoms with Gasteiger partial charge in [0, 0.05) is 11.6 Å². The molecule has 1 atom stereocenters. The monoisotopic (exact) mass is 227 g/mol. The van der Waals surface area contributed by atoms with Crippen LogP contribution in [0.1, 0.15) is 36.4 Å². The van der Waals surface area contributed by atoms with E-state index < -0.39 is 6.43 Å². The van der Waals surface area contributed by atoms with Crippen LogP contribution < -0.4 is 5.32 Å². The van der Waals surface area contributed by atoms with Crippen molar-refractivity contribution in [3.05, 3.63) is 35.4 Å². The number of aliphatic hydroxyl groups excluding tert-OH is 1. The average Bonchev–Trinajstić information content (AvgIpc) is 3.10. The van der Waals surface area contributed by atoms with Crippen molar-refractivity contribution in [1.82, 2.24) is 5.32 Å². The summed E-state index contributed by atoms with van der Waals surface area (Å²) in [7, 11) is 0. The first-order valence-corrected chi connectivity index (χ1v) is 5.45. The third kappa shape index (κ3) is 2.77. The molecule has 2 N–H and O–H groups in total. The van der Waals surface area contributed by atoms with Crippen LogP contribution in [-0.2, 0) is 0 Å². The van der Waals surface area contributed by atoms with Gasteiger partial charge in [-0.2, -0.15) is 0 Å². The van der Waals surface area contributed by atoms with Gasteiger partial charge in [0.25, 0.3) is 6.43 Å². The van der Waals surface area contributed by atoms with Crippen LogP contribution >= 0.6 is 0 Å². The zero-order chi connectivity index (χ0) is 11.5. The molecule has 0 heterocycles. The van der Waals surface area contributed by atoms with Crippen LogP contribution in [0.2, 0.25) is 0 Å².